The highest BCUT2D eigenvalue weighted by molar-refractivity contribution is 5.37. The molecule has 2 rings (SSSR count). The lowest BCUT2D eigenvalue weighted by molar-refractivity contribution is 0.122. The second-order valence-electron chi connectivity index (χ2n) is 6.07. The van der Waals surface area contributed by atoms with Crippen LogP contribution in [0, 0.1) is 23.6 Å². The minimum Gasteiger partial charge on any atom is -0.395 e. The summed E-state index contributed by atoms with van der Waals surface area (Å²) in [6, 6.07) is 5.55. The first kappa shape index (κ1) is 16.0. The van der Waals surface area contributed by atoms with Crippen molar-refractivity contribution in [3.63, 3.8) is 0 Å². The zero-order chi connectivity index (χ0) is 15.2. The Morgan fingerprint density at radius 3 is 2.86 bits per heavy atom. The van der Waals surface area contributed by atoms with Crippen molar-refractivity contribution in [2.24, 2.45) is 5.92 Å². The fourth-order valence-electron chi connectivity index (χ4n) is 2.96. The van der Waals surface area contributed by atoms with Crippen molar-refractivity contribution in [2.75, 3.05) is 13.2 Å². The Hall–Kier alpha value is -1.37. The van der Waals surface area contributed by atoms with Gasteiger partial charge in [-0.05, 0) is 56.0 Å². The van der Waals surface area contributed by atoms with Crippen LogP contribution in [0.25, 0.3) is 0 Å². The highest BCUT2D eigenvalue weighted by atomic mass is 19.1. The molecule has 1 N–H and O–H groups in total. The Labute approximate surface area is 127 Å². The van der Waals surface area contributed by atoms with Crippen LogP contribution in [-0.4, -0.2) is 29.2 Å². The Balaban J connectivity index is 2.08. The lowest BCUT2D eigenvalue weighted by Crippen LogP contribution is -2.39. The predicted octanol–water partition coefficient (Wildman–Crippen LogP) is 3.18. The normalized spacial score (nSPS) is 22.7. The van der Waals surface area contributed by atoms with E-state index in [1.807, 2.05) is 6.07 Å². The van der Waals surface area contributed by atoms with Crippen LogP contribution in [0.15, 0.2) is 18.2 Å². The van der Waals surface area contributed by atoms with Gasteiger partial charge >= 0.3 is 0 Å². The predicted molar refractivity (Wildman–Crippen MR) is 83.3 cm³/mol. The molecule has 1 aliphatic heterocycles. The molecule has 1 aliphatic rings. The van der Waals surface area contributed by atoms with Gasteiger partial charge in [-0.1, -0.05) is 18.8 Å². The van der Waals surface area contributed by atoms with E-state index in [1.54, 1.807) is 6.07 Å². The van der Waals surface area contributed by atoms with Gasteiger partial charge in [0.05, 0.1) is 6.61 Å². The largest absolute Gasteiger partial charge is 0.395 e. The molecule has 3 heteroatoms. The third-order valence-corrected chi connectivity index (χ3v) is 4.09. The van der Waals surface area contributed by atoms with Gasteiger partial charge in [-0.15, -0.1) is 0 Å². The van der Waals surface area contributed by atoms with E-state index in [1.165, 1.54) is 18.9 Å². The maximum Gasteiger partial charge on any atom is 0.124 e. The fraction of sp³-hybridized carbons (Fsp3) is 0.556. The van der Waals surface area contributed by atoms with Gasteiger partial charge in [0.25, 0.3) is 0 Å². The average molecular weight is 289 g/mol. The topological polar surface area (TPSA) is 23.5 Å². The first-order chi connectivity index (χ1) is 10.1. The van der Waals surface area contributed by atoms with Gasteiger partial charge in [0.2, 0.25) is 0 Å². The first-order valence-electron chi connectivity index (χ1n) is 7.71. The lowest BCUT2D eigenvalue weighted by atomic mass is 9.93. The van der Waals surface area contributed by atoms with Crippen molar-refractivity contribution in [2.45, 2.75) is 45.7 Å². The number of likely N-dealkylation sites (tertiary alicyclic amines) is 1. The molecular formula is C18H24FNO. The van der Waals surface area contributed by atoms with Crippen molar-refractivity contribution < 1.29 is 9.50 Å². The SMILES string of the molecule is CC1CCN(Cc2cc(F)cc(C#CCCO)c2)C(C)C1. The van der Waals surface area contributed by atoms with Gasteiger partial charge in [-0.3, -0.25) is 4.90 Å². The Morgan fingerprint density at radius 2 is 2.14 bits per heavy atom. The molecular weight excluding hydrogens is 265 g/mol. The second-order valence-corrected chi connectivity index (χ2v) is 6.07. The number of halogens is 1. The summed E-state index contributed by atoms with van der Waals surface area (Å²) in [4.78, 5) is 2.42. The number of aliphatic hydroxyl groups is 1. The van der Waals surface area contributed by atoms with Crippen molar-refractivity contribution in [1.82, 2.24) is 4.90 Å². The number of rotatable bonds is 3. The molecule has 114 valence electrons. The highest BCUT2D eigenvalue weighted by Gasteiger charge is 2.22. The number of aliphatic hydroxyl groups excluding tert-OH is 1. The van der Waals surface area contributed by atoms with Crippen molar-refractivity contribution >= 4 is 0 Å². The maximum absolute atomic E-state index is 13.7. The third kappa shape index (κ3) is 4.84. The molecule has 1 heterocycles. The van der Waals surface area contributed by atoms with Crippen LogP contribution >= 0.6 is 0 Å². The van der Waals surface area contributed by atoms with Crippen LogP contribution < -0.4 is 0 Å². The molecule has 1 aromatic rings. The molecule has 1 aromatic carbocycles. The van der Waals surface area contributed by atoms with Crippen LogP contribution in [0.1, 0.15) is 44.2 Å². The number of benzene rings is 1. The molecule has 2 atom stereocenters. The van der Waals surface area contributed by atoms with E-state index >= 15 is 0 Å². The summed E-state index contributed by atoms with van der Waals surface area (Å²) >= 11 is 0. The molecule has 21 heavy (non-hydrogen) atoms. The first-order valence-corrected chi connectivity index (χ1v) is 7.71. The van der Waals surface area contributed by atoms with E-state index in [9.17, 15) is 4.39 Å². The van der Waals surface area contributed by atoms with Crippen LogP contribution in [-0.2, 0) is 6.54 Å². The van der Waals surface area contributed by atoms with E-state index in [2.05, 4.69) is 30.6 Å². The van der Waals surface area contributed by atoms with Gasteiger partial charge in [0.15, 0.2) is 0 Å². The van der Waals surface area contributed by atoms with Gasteiger partial charge in [-0.25, -0.2) is 4.39 Å². The Bertz CT molecular complexity index is 532. The van der Waals surface area contributed by atoms with Crippen molar-refractivity contribution in [3.8, 4) is 11.8 Å². The van der Waals surface area contributed by atoms with Gasteiger partial charge in [-0.2, -0.15) is 0 Å². The molecule has 1 saturated heterocycles. The number of hydrogen-bond acceptors (Lipinski definition) is 2. The zero-order valence-corrected chi connectivity index (χ0v) is 12.9. The minimum atomic E-state index is -0.237. The molecule has 0 bridgehead atoms. The molecule has 2 unspecified atom stereocenters. The van der Waals surface area contributed by atoms with E-state index < -0.39 is 0 Å². The van der Waals surface area contributed by atoms with E-state index in [-0.39, 0.29) is 12.4 Å². The summed E-state index contributed by atoms with van der Waals surface area (Å²) in [7, 11) is 0. The molecule has 0 spiro atoms. The monoisotopic (exact) mass is 289 g/mol. The van der Waals surface area contributed by atoms with E-state index in [0.29, 0.717) is 18.0 Å². The smallest absolute Gasteiger partial charge is 0.124 e. The molecule has 1 fully saturated rings. The summed E-state index contributed by atoms with van der Waals surface area (Å²) < 4.78 is 13.7. The summed E-state index contributed by atoms with van der Waals surface area (Å²) in [5.41, 5.74) is 1.67. The maximum atomic E-state index is 13.7. The number of hydrogen-bond donors (Lipinski definition) is 1. The Kier molecular flexibility index (Phi) is 5.78. The number of piperidine rings is 1. The van der Waals surface area contributed by atoms with E-state index in [0.717, 1.165) is 24.6 Å². The van der Waals surface area contributed by atoms with Gasteiger partial charge in [0, 0.05) is 24.6 Å². The summed E-state index contributed by atoms with van der Waals surface area (Å²) in [5, 5.41) is 8.74. The van der Waals surface area contributed by atoms with Crippen LogP contribution in [0.5, 0.6) is 0 Å². The summed E-state index contributed by atoms with van der Waals surface area (Å²) in [6.45, 7) is 6.44. The van der Waals surface area contributed by atoms with E-state index in [4.69, 9.17) is 5.11 Å². The highest BCUT2D eigenvalue weighted by Crippen LogP contribution is 2.24. The Morgan fingerprint density at radius 1 is 1.33 bits per heavy atom. The second kappa shape index (κ2) is 7.59. The molecule has 0 aromatic heterocycles. The quantitative estimate of drug-likeness (QED) is 0.864. The van der Waals surface area contributed by atoms with Crippen molar-refractivity contribution in [1.29, 1.82) is 0 Å². The molecule has 0 amide bonds. The van der Waals surface area contributed by atoms with Crippen molar-refractivity contribution in [3.05, 3.63) is 35.1 Å². The van der Waals surface area contributed by atoms with Crippen LogP contribution in [0.3, 0.4) is 0 Å². The molecule has 0 saturated carbocycles. The minimum absolute atomic E-state index is 0.0403. The number of nitrogens with zero attached hydrogens (tertiary/aromatic N) is 1. The fourth-order valence-corrected chi connectivity index (χ4v) is 2.96. The average Bonchev–Trinajstić information content (AvgIpc) is 2.42. The molecule has 0 aliphatic carbocycles. The van der Waals surface area contributed by atoms with Crippen LogP contribution in [0.2, 0.25) is 0 Å². The zero-order valence-electron chi connectivity index (χ0n) is 12.9. The molecule has 0 radical (unpaired) electrons. The van der Waals surface area contributed by atoms with Gasteiger partial charge < -0.3 is 5.11 Å². The standard InChI is InChI=1S/C18H24FNO/c1-14-6-7-20(15(2)9-14)13-17-10-16(5-3-4-8-21)11-18(19)12-17/h10-12,14-15,21H,4,6-9,13H2,1-2H3. The third-order valence-electron chi connectivity index (χ3n) is 4.09. The molecule has 2 nitrogen and oxygen atoms in total. The summed E-state index contributed by atoms with van der Waals surface area (Å²) in [5.74, 6) is 6.30. The lowest BCUT2D eigenvalue weighted by Gasteiger charge is -2.36. The summed E-state index contributed by atoms with van der Waals surface area (Å²) in [6.07, 6.45) is 2.84. The van der Waals surface area contributed by atoms with Gasteiger partial charge in [0.1, 0.15) is 5.82 Å². The van der Waals surface area contributed by atoms with Crippen LogP contribution in [0.4, 0.5) is 4.39 Å².